The first kappa shape index (κ1) is 20.2. The molecule has 0 aliphatic rings. The van der Waals surface area contributed by atoms with Gasteiger partial charge in [0, 0.05) is 0 Å². The molecule has 1 atom stereocenters. The number of amides is 2. The largest absolute Gasteiger partial charge is 0.445 e. The molecule has 0 aliphatic heterocycles. The van der Waals surface area contributed by atoms with Gasteiger partial charge in [0.05, 0.1) is 0 Å². The monoisotopic (exact) mass is 358 g/mol. The zero-order valence-corrected chi connectivity index (χ0v) is 14.4. The van der Waals surface area contributed by atoms with Crippen molar-refractivity contribution in [1.82, 2.24) is 10.6 Å². The minimum Gasteiger partial charge on any atom is -0.445 e. The molecule has 0 heterocycles. The van der Waals surface area contributed by atoms with Gasteiger partial charge >= 0.3 is 13.7 Å². The third kappa shape index (κ3) is 8.67. The number of rotatable bonds is 9. The number of nitrogens with one attached hydrogen (secondary N) is 2. The van der Waals surface area contributed by atoms with E-state index < -0.39 is 31.9 Å². The van der Waals surface area contributed by atoms with Gasteiger partial charge in [0.25, 0.3) is 0 Å². The van der Waals surface area contributed by atoms with E-state index in [1.165, 1.54) is 0 Å². The molecular weight excluding hydrogens is 335 g/mol. The maximum Gasteiger partial charge on any atom is 0.408 e. The van der Waals surface area contributed by atoms with Crippen LogP contribution in [0.15, 0.2) is 30.3 Å². The topological polar surface area (TPSA) is 125 Å². The van der Waals surface area contributed by atoms with Crippen LogP contribution in [0.1, 0.15) is 31.7 Å². The van der Waals surface area contributed by atoms with Crippen LogP contribution >= 0.6 is 7.60 Å². The van der Waals surface area contributed by atoms with Crippen LogP contribution in [0.4, 0.5) is 4.79 Å². The summed E-state index contributed by atoms with van der Waals surface area (Å²) in [5.41, 5.74) is 0.809. The van der Waals surface area contributed by atoms with Crippen molar-refractivity contribution >= 4 is 19.6 Å². The summed E-state index contributed by atoms with van der Waals surface area (Å²) in [6.45, 7) is 2.00. The quantitative estimate of drug-likeness (QED) is 0.498. The minimum absolute atomic E-state index is 0.0667. The molecule has 24 heavy (non-hydrogen) atoms. The van der Waals surface area contributed by atoms with Crippen molar-refractivity contribution in [1.29, 1.82) is 0 Å². The lowest BCUT2D eigenvalue weighted by atomic mass is 10.1. The maximum atomic E-state index is 12.0. The molecule has 134 valence electrons. The number of benzene rings is 1. The van der Waals surface area contributed by atoms with Gasteiger partial charge in [-0.15, -0.1) is 0 Å². The van der Waals surface area contributed by atoms with E-state index in [4.69, 9.17) is 14.5 Å². The van der Waals surface area contributed by atoms with E-state index in [0.29, 0.717) is 12.8 Å². The summed E-state index contributed by atoms with van der Waals surface area (Å²) in [7, 11) is -4.35. The molecule has 0 unspecified atom stereocenters. The van der Waals surface area contributed by atoms with Crippen molar-refractivity contribution in [3.05, 3.63) is 35.9 Å². The molecule has 0 aliphatic carbocycles. The Labute approximate surface area is 140 Å². The number of carbonyl (C=O) groups excluding carboxylic acids is 2. The zero-order chi connectivity index (χ0) is 18.0. The van der Waals surface area contributed by atoms with Gasteiger partial charge in [0.2, 0.25) is 5.91 Å². The standard InChI is InChI=1S/C15H23N2O6P/c1-2-3-9-13(14(18)16-11-24(20,21)22)17-15(19)23-10-12-7-5-4-6-8-12/h4-8,13H,2-3,9-11H2,1H3,(H,16,18)(H,17,19)(H2,20,21,22)/t13-/m0/s1. The summed E-state index contributed by atoms with van der Waals surface area (Å²) >= 11 is 0. The Morgan fingerprint density at radius 1 is 1.25 bits per heavy atom. The predicted molar refractivity (Wildman–Crippen MR) is 88.1 cm³/mol. The average Bonchev–Trinajstić information content (AvgIpc) is 2.54. The molecule has 8 nitrogen and oxygen atoms in total. The Morgan fingerprint density at radius 2 is 1.92 bits per heavy atom. The lowest BCUT2D eigenvalue weighted by Gasteiger charge is -2.18. The first-order chi connectivity index (χ1) is 11.3. The fraction of sp³-hybridized carbons (Fsp3) is 0.467. The van der Waals surface area contributed by atoms with Crippen molar-refractivity contribution in [2.45, 2.75) is 38.8 Å². The average molecular weight is 358 g/mol. The van der Waals surface area contributed by atoms with Gasteiger partial charge in [-0.3, -0.25) is 9.36 Å². The molecule has 1 rings (SSSR count). The first-order valence-corrected chi connectivity index (χ1v) is 9.41. The molecule has 0 saturated heterocycles. The number of carbonyl (C=O) groups is 2. The van der Waals surface area contributed by atoms with Gasteiger partial charge in [-0.05, 0) is 12.0 Å². The molecule has 0 aromatic heterocycles. The van der Waals surface area contributed by atoms with E-state index in [2.05, 4.69) is 10.6 Å². The minimum atomic E-state index is -4.35. The summed E-state index contributed by atoms with van der Waals surface area (Å²) in [5, 5.41) is 4.57. The summed E-state index contributed by atoms with van der Waals surface area (Å²) in [6, 6.07) is 8.17. The van der Waals surface area contributed by atoms with Crippen LogP contribution in [0.2, 0.25) is 0 Å². The van der Waals surface area contributed by atoms with Gasteiger partial charge in [-0.25, -0.2) is 4.79 Å². The highest BCUT2D eigenvalue weighted by molar-refractivity contribution is 7.51. The Kier molecular flexibility index (Phi) is 8.46. The number of ether oxygens (including phenoxy) is 1. The highest BCUT2D eigenvalue weighted by Crippen LogP contribution is 2.31. The van der Waals surface area contributed by atoms with Gasteiger partial charge in [-0.2, -0.15) is 0 Å². The highest BCUT2D eigenvalue weighted by Gasteiger charge is 2.23. The van der Waals surface area contributed by atoms with Crippen LogP contribution < -0.4 is 10.6 Å². The molecule has 9 heteroatoms. The lowest BCUT2D eigenvalue weighted by molar-refractivity contribution is -0.123. The Bertz CT molecular complexity index is 575. The smallest absolute Gasteiger partial charge is 0.408 e. The second-order valence-corrected chi connectivity index (χ2v) is 6.91. The molecule has 0 fully saturated rings. The normalized spacial score (nSPS) is 12.3. The summed E-state index contributed by atoms with van der Waals surface area (Å²) < 4.78 is 15.9. The van der Waals surface area contributed by atoms with Gasteiger partial charge in [-0.1, -0.05) is 50.1 Å². The molecule has 0 bridgehead atoms. The van der Waals surface area contributed by atoms with Crippen LogP contribution in [0.25, 0.3) is 0 Å². The highest BCUT2D eigenvalue weighted by atomic mass is 31.2. The van der Waals surface area contributed by atoms with E-state index >= 15 is 0 Å². The lowest BCUT2D eigenvalue weighted by Crippen LogP contribution is -2.47. The summed E-state index contributed by atoms with van der Waals surface area (Å²) in [6.07, 6.45) is 0.307. The van der Waals surface area contributed by atoms with Crippen molar-refractivity contribution in [3.63, 3.8) is 0 Å². The van der Waals surface area contributed by atoms with Crippen molar-refractivity contribution in [2.24, 2.45) is 0 Å². The van der Waals surface area contributed by atoms with Crippen molar-refractivity contribution < 1.29 is 28.7 Å². The number of hydrogen-bond acceptors (Lipinski definition) is 4. The van der Waals surface area contributed by atoms with Crippen LogP contribution in [0.3, 0.4) is 0 Å². The Balaban J connectivity index is 2.52. The van der Waals surface area contributed by atoms with Gasteiger partial charge in [0.15, 0.2) is 0 Å². The third-order valence-corrected chi connectivity index (χ3v) is 3.70. The molecule has 0 saturated carbocycles. The van der Waals surface area contributed by atoms with E-state index in [0.717, 1.165) is 12.0 Å². The van der Waals surface area contributed by atoms with Crippen LogP contribution in [-0.2, 0) is 20.7 Å². The molecule has 4 N–H and O–H groups in total. The van der Waals surface area contributed by atoms with E-state index in [9.17, 15) is 14.2 Å². The fourth-order valence-corrected chi connectivity index (χ4v) is 2.25. The maximum absolute atomic E-state index is 12.0. The second kappa shape index (κ2) is 10.1. The predicted octanol–water partition coefficient (Wildman–Crippen LogP) is 1.72. The van der Waals surface area contributed by atoms with Crippen molar-refractivity contribution in [3.8, 4) is 0 Å². The van der Waals surface area contributed by atoms with Crippen LogP contribution in [0.5, 0.6) is 0 Å². The number of hydrogen-bond donors (Lipinski definition) is 4. The second-order valence-electron chi connectivity index (χ2n) is 5.26. The molecule has 1 aromatic carbocycles. The Hall–Kier alpha value is -1.89. The third-order valence-electron chi connectivity index (χ3n) is 3.13. The Morgan fingerprint density at radius 3 is 2.50 bits per heavy atom. The van der Waals surface area contributed by atoms with Gasteiger partial charge in [0.1, 0.15) is 18.9 Å². The van der Waals surface area contributed by atoms with E-state index in [-0.39, 0.29) is 6.61 Å². The molecule has 0 spiro atoms. The SMILES string of the molecule is CCCC[C@H](NC(=O)OCc1ccccc1)C(=O)NCP(=O)(O)O. The summed E-state index contributed by atoms with van der Waals surface area (Å²) in [4.78, 5) is 41.4. The number of unbranched alkanes of at least 4 members (excludes halogenated alkanes) is 1. The van der Waals surface area contributed by atoms with Gasteiger partial charge < -0.3 is 25.2 Å². The van der Waals surface area contributed by atoms with Crippen LogP contribution in [-0.4, -0.2) is 34.1 Å². The molecule has 0 radical (unpaired) electrons. The van der Waals surface area contributed by atoms with E-state index in [1.807, 2.05) is 25.1 Å². The molecule has 1 aromatic rings. The number of alkyl carbamates (subject to hydrolysis) is 1. The summed E-state index contributed by atoms with van der Waals surface area (Å²) in [5.74, 6) is -0.650. The molecule has 2 amide bonds. The fourth-order valence-electron chi connectivity index (χ4n) is 1.89. The van der Waals surface area contributed by atoms with E-state index in [1.54, 1.807) is 12.1 Å². The van der Waals surface area contributed by atoms with Crippen LogP contribution in [0, 0.1) is 0 Å². The van der Waals surface area contributed by atoms with Crippen molar-refractivity contribution in [2.75, 3.05) is 6.29 Å². The zero-order valence-electron chi connectivity index (χ0n) is 13.5. The molecular formula is C15H23N2O6P. The first-order valence-electron chi connectivity index (χ1n) is 7.61.